The van der Waals surface area contributed by atoms with Gasteiger partial charge in [0.15, 0.2) is 11.5 Å². The first-order valence-corrected chi connectivity index (χ1v) is 12.7. The molecule has 0 spiro atoms. The molecule has 4 aromatic carbocycles. The van der Waals surface area contributed by atoms with Crippen LogP contribution >= 0.6 is 46.4 Å². The van der Waals surface area contributed by atoms with E-state index in [4.69, 9.17) is 55.9 Å². The average molecular weight is 608 g/mol. The monoisotopic (exact) mass is 606 g/mol. The van der Waals surface area contributed by atoms with Gasteiger partial charge in [-0.15, -0.1) is 0 Å². The average Bonchev–Trinajstić information content (AvgIpc) is 2.88. The summed E-state index contributed by atoms with van der Waals surface area (Å²) in [6.45, 7) is 3.87. The Bertz CT molecular complexity index is 1410. The Hall–Kier alpha value is -3.56. The highest BCUT2D eigenvalue weighted by atomic mass is 35.5. The Morgan fingerprint density at radius 1 is 0.590 bits per heavy atom. The van der Waals surface area contributed by atoms with Crippen molar-refractivity contribution in [2.24, 2.45) is 0 Å². The van der Waals surface area contributed by atoms with Gasteiger partial charge in [0.05, 0.1) is 29.9 Å². The fourth-order valence-electron chi connectivity index (χ4n) is 3.71. The van der Waals surface area contributed by atoms with Gasteiger partial charge in [-0.3, -0.25) is 20.2 Å². The van der Waals surface area contributed by atoms with Gasteiger partial charge in [-0.25, -0.2) is 0 Å². The minimum absolute atomic E-state index is 0.0712. The smallest absolute Gasteiger partial charge is 0.269 e. The predicted molar refractivity (Wildman–Crippen MR) is 151 cm³/mol. The highest BCUT2D eigenvalue weighted by Gasteiger charge is 2.28. The van der Waals surface area contributed by atoms with Gasteiger partial charge in [-0.2, -0.15) is 0 Å². The Morgan fingerprint density at radius 2 is 0.872 bits per heavy atom. The van der Waals surface area contributed by atoms with Gasteiger partial charge in [-0.1, -0.05) is 60.3 Å². The molecule has 0 aliphatic carbocycles. The van der Waals surface area contributed by atoms with Crippen molar-refractivity contribution in [1.82, 2.24) is 0 Å². The molecule has 0 saturated heterocycles. The number of hydrogen-bond acceptors (Lipinski definition) is 6. The molecule has 0 aliphatic heterocycles. The highest BCUT2D eigenvalue weighted by molar-refractivity contribution is 6.38. The minimum atomic E-state index is -0.668. The quantitative estimate of drug-likeness (QED) is 0.146. The van der Waals surface area contributed by atoms with Crippen LogP contribution in [0.4, 0.5) is 11.4 Å². The molecule has 0 unspecified atom stereocenters. The number of nitro benzene ring substituents is 2. The van der Waals surface area contributed by atoms with Crippen molar-refractivity contribution in [3.05, 3.63) is 124 Å². The van der Waals surface area contributed by atoms with Crippen LogP contribution < -0.4 is 9.47 Å². The first kappa shape index (κ1) is 28.4. The van der Waals surface area contributed by atoms with Crippen LogP contribution in [0.5, 0.6) is 23.0 Å². The van der Waals surface area contributed by atoms with E-state index in [0.717, 1.165) is 11.1 Å². The number of rotatable bonds is 8. The third-order valence-corrected chi connectivity index (χ3v) is 7.10. The molecular weight excluding hydrogens is 590 g/mol. The van der Waals surface area contributed by atoms with Crippen molar-refractivity contribution in [1.29, 1.82) is 0 Å². The number of hydrogen-bond donors (Lipinski definition) is 0. The summed E-state index contributed by atoms with van der Waals surface area (Å²) in [5.74, 6) is 1.07. The fourth-order valence-corrected chi connectivity index (χ4v) is 4.84. The lowest BCUT2D eigenvalue weighted by atomic mass is 9.78. The van der Waals surface area contributed by atoms with Gasteiger partial charge in [0, 0.05) is 29.7 Å². The Morgan fingerprint density at radius 3 is 1.13 bits per heavy atom. The van der Waals surface area contributed by atoms with Crippen molar-refractivity contribution >= 4 is 57.8 Å². The first-order valence-electron chi connectivity index (χ1n) is 11.2. The second kappa shape index (κ2) is 11.3. The molecule has 39 heavy (non-hydrogen) atoms. The lowest BCUT2D eigenvalue weighted by Gasteiger charge is -2.28. The van der Waals surface area contributed by atoms with E-state index in [-0.39, 0.29) is 43.0 Å². The third kappa shape index (κ3) is 6.20. The fraction of sp³-hybridized carbons (Fsp3) is 0.111. The van der Waals surface area contributed by atoms with E-state index in [1.807, 2.05) is 13.8 Å². The zero-order valence-electron chi connectivity index (χ0n) is 20.3. The van der Waals surface area contributed by atoms with Gasteiger partial charge < -0.3 is 9.47 Å². The predicted octanol–water partition coefficient (Wildman–Crippen LogP) is 10.0. The minimum Gasteiger partial charge on any atom is -0.454 e. The van der Waals surface area contributed by atoms with Crippen LogP contribution in [0.15, 0.2) is 72.8 Å². The molecule has 0 atom stereocenters. The number of nitro groups is 2. The molecule has 0 fully saturated rings. The second-order valence-corrected chi connectivity index (χ2v) is 10.5. The number of halogens is 4. The van der Waals surface area contributed by atoms with Gasteiger partial charge in [0.2, 0.25) is 0 Å². The molecule has 0 aromatic heterocycles. The maximum Gasteiger partial charge on any atom is 0.269 e. The summed E-state index contributed by atoms with van der Waals surface area (Å²) >= 11 is 26.1. The molecule has 0 N–H and O–H groups in total. The summed E-state index contributed by atoms with van der Waals surface area (Å²) in [5, 5.41) is 22.7. The van der Waals surface area contributed by atoms with Crippen LogP contribution in [-0.2, 0) is 5.41 Å². The van der Waals surface area contributed by atoms with Gasteiger partial charge >= 0.3 is 0 Å². The van der Waals surface area contributed by atoms with Crippen LogP contribution in [0, 0.1) is 20.2 Å². The van der Waals surface area contributed by atoms with E-state index in [2.05, 4.69) is 0 Å². The standard InChI is InChI=1S/C27H18Cl4N2O6/c1-27(2,15-11-21(28)25(22(29)12-15)38-19-7-3-17(4-8-19)32(34)35)16-13-23(30)26(24(31)14-16)39-20-9-5-18(6-10-20)33(36)37/h3-14H,1-2H3. The second-order valence-electron chi connectivity index (χ2n) is 8.87. The van der Waals surface area contributed by atoms with E-state index in [1.54, 1.807) is 24.3 Å². The van der Waals surface area contributed by atoms with Crippen molar-refractivity contribution in [2.75, 3.05) is 0 Å². The maximum absolute atomic E-state index is 10.9. The molecule has 200 valence electrons. The van der Waals surface area contributed by atoms with Crippen molar-refractivity contribution in [2.45, 2.75) is 19.3 Å². The first-order chi connectivity index (χ1) is 18.4. The SMILES string of the molecule is CC(C)(c1cc(Cl)c(Oc2ccc([N+](=O)[O-])cc2)c(Cl)c1)c1cc(Cl)c(Oc2ccc([N+](=O)[O-])cc2)c(Cl)c1. The Labute approximate surface area is 242 Å². The normalized spacial score (nSPS) is 11.2. The van der Waals surface area contributed by atoms with E-state index in [0.29, 0.717) is 11.5 Å². The number of non-ortho nitro benzene ring substituents is 2. The Kier molecular flexibility index (Phi) is 8.23. The van der Waals surface area contributed by atoms with E-state index in [9.17, 15) is 20.2 Å². The molecular formula is C27H18Cl4N2O6. The molecule has 12 heteroatoms. The zero-order chi connectivity index (χ0) is 28.5. The lowest BCUT2D eigenvalue weighted by molar-refractivity contribution is -0.385. The molecule has 0 bridgehead atoms. The number of benzene rings is 4. The van der Waals surface area contributed by atoms with Crippen LogP contribution in [0.2, 0.25) is 20.1 Å². The van der Waals surface area contributed by atoms with Crippen LogP contribution in [0.3, 0.4) is 0 Å². The maximum atomic E-state index is 10.9. The van der Waals surface area contributed by atoms with Crippen LogP contribution in [0.25, 0.3) is 0 Å². The van der Waals surface area contributed by atoms with E-state index in [1.165, 1.54) is 48.5 Å². The van der Waals surface area contributed by atoms with Crippen molar-refractivity contribution in [3.63, 3.8) is 0 Å². The summed E-state index contributed by atoms with van der Waals surface area (Å²) < 4.78 is 11.6. The summed E-state index contributed by atoms with van der Waals surface area (Å²) in [7, 11) is 0. The van der Waals surface area contributed by atoms with Gasteiger partial charge in [-0.05, 0) is 59.7 Å². The Balaban J connectivity index is 1.60. The largest absolute Gasteiger partial charge is 0.454 e. The summed E-state index contributed by atoms with van der Waals surface area (Å²) in [5.41, 5.74) is 0.670. The highest BCUT2D eigenvalue weighted by Crippen LogP contribution is 2.45. The van der Waals surface area contributed by atoms with Crippen molar-refractivity contribution in [3.8, 4) is 23.0 Å². The molecule has 0 saturated carbocycles. The van der Waals surface area contributed by atoms with Gasteiger partial charge in [0.25, 0.3) is 11.4 Å². The molecule has 0 aliphatic rings. The summed E-state index contributed by atoms with van der Waals surface area (Å²) in [6, 6.07) is 17.9. The molecule has 0 radical (unpaired) electrons. The molecule has 4 rings (SSSR count). The lowest BCUT2D eigenvalue weighted by Crippen LogP contribution is -2.19. The zero-order valence-corrected chi connectivity index (χ0v) is 23.3. The van der Waals surface area contributed by atoms with Crippen LogP contribution in [-0.4, -0.2) is 9.85 Å². The molecule has 0 heterocycles. The molecule has 8 nitrogen and oxygen atoms in total. The number of nitrogens with zero attached hydrogens (tertiary/aromatic N) is 2. The summed E-state index contributed by atoms with van der Waals surface area (Å²) in [6.07, 6.45) is 0. The van der Waals surface area contributed by atoms with E-state index < -0.39 is 15.3 Å². The number of ether oxygens (including phenoxy) is 2. The third-order valence-electron chi connectivity index (χ3n) is 5.97. The van der Waals surface area contributed by atoms with Gasteiger partial charge in [0.1, 0.15) is 11.5 Å². The molecule has 4 aromatic rings. The topological polar surface area (TPSA) is 105 Å². The molecule has 0 amide bonds. The van der Waals surface area contributed by atoms with Crippen LogP contribution in [0.1, 0.15) is 25.0 Å². The summed E-state index contributed by atoms with van der Waals surface area (Å²) in [4.78, 5) is 20.7. The van der Waals surface area contributed by atoms with Crippen molar-refractivity contribution < 1.29 is 19.3 Å². The van der Waals surface area contributed by atoms with E-state index >= 15 is 0 Å².